The molecule has 0 fully saturated rings. The number of allylic oxidation sites excluding steroid dienone is 2. The average molecular weight is 414 g/mol. The van der Waals surface area contributed by atoms with E-state index in [2.05, 4.69) is 13.8 Å². The molecule has 0 N–H and O–H groups in total. The van der Waals surface area contributed by atoms with Crippen LogP contribution >= 0.6 is 8.25 Å². The van der Waals surface area contributed by atoms with Crippen molar-refractivity contribution in [1.29, 1.82) is 0 Å². The van der Waals surface area contributed by atoms with Crippen molar-refractivity contribution in [3.63, 3.8) is 0 Å². The van der Waals surface area contributed by atoms with Gasteiger partial charge < -0.3 is 0 Å². The van der Waals surface area contributed by atoms with Gasteiger partial charge in [-0.25, -0.2) is 9.05 Å². The topological polar surface area (TPSA) is 35.5 Å². The molecule has 0 saturated carbocycles. The zero-order chi connectivity index (χ0) is 20.5. The van der Waals surface area contributed by atoms with E-state index in [-0.39, 0.29) is 0 Å². The SMILES string of the molecule is CCCCCCCCCCC=CO[P+](=O)OC=CCCCCCCCCCC. The zero-order valence-corrected chi connectivity index (χ0v) is 19.6. The Morgan fingerprint density at radius 1 is 0.536 bits per heavy atom. The van der Waals surface area contributed by atoms with Crippen molar-refractivity contribution in [1.82, 2.24) is 0 Å². The lowest BCUT2D eigenvalue weighted by molar-refractivity contribution is 0.354. The highest BCUT2D eigenvalue weighted by Crippen LogP contribution is 2.24. The van der Waals surface area contributed by atoms with Crippen molar-refractivity contribution >= 4 is 8.25 Å². The summed E-state index contributed by atoms with van der Waals surface area (Å²) in [6.45, 7) is 4.50. The maximum absolute atomic E-state index is 11.6. The molecule has 3 nitrogen and oxygen atoms in total. The molecule has 0 radical (unpaired) electrons. The second-order valence-electron chi connectivity index (χ2n) is 7.71. The molecule has 0 aromatic heterocycles. The zero-order valence-electron chi connectivity index (χ0n) is 18.7. The fraction of sp³-hybridized carbons (Fsp3) is 0.833. The van der Waals surface area contributed by atoms with Crippen LogP contribution in [0, 0.1) is 0 Å². The molecule has 0 atom stereocenters. The Bertz CT molecular complexity index is 346. The summed E-state index contributed by atoms with van der Waals surface area (Å²) < 4.78 is 21.7. The molecule has 0 unspecified atom stereocenters. The Balaban J connectivity index is 3.33. The van der Waals surface area contributed by atoms with E-state index < -0.39 is 8.25 Å². The third-order valence-electron chi connectivity index (χ3n) is 4.93. The van der Waals surface area contributed by atoms with Gasteiger partial charge in [-0.05, 0) is 37.8 Å². The van der Waals surface area contributed by atoms with Gasteiger partial charge in [-0.1, -0.05) is 104 Å². The third kappa shape index (κ3) is 23.2. The van der Waals surface area contributed by atoms with Gasteiger partial charge in [-0.2, -0.15) is 0 Å². The largest absolute Gasteiger partial charge is 0.804 e. The normalized spacial score (nSPS) is 12.1. The first-order valence-corrected chi connectivity index (χ1v) is 13.0. The van der Waals surface area contributed by atoms with E-state index in [0.717, 1.165) is 12.8 Å². The van der Waals surface area contributed by atoms with E-state index in [1.54, 1.807) is 0 Å². The molecule has 0 rings (SSSR count). The van der Waals surface area contributed by atoms with E-state index >= 15 is 0 Å². The van der Waals surface area contributed by atoms with Gasteiger partial charge in [-0.3, -0.25) is 0 Å². The van der Waals surface area contributed by atoms with Crippen LogP contribution in [0.25, 0.3) is 0 Å². The van der Waals surface area contributed by atoms with Crippen molar-refractivity contribution < 1.29 is 13.6 Å². The van der Waals surface area contributed by atoms with E-state index in [9.17, 15) is 4.57 Å². The van der Waals surface area contributed by atoms with Crippen molar-refractivity contribution in [3.8, 4) is 0 Å². The van der Waals surface area contributed by atoms with E-state index in [1.165, 1.54) is 115 Å². The van der Waals surface area contributed by atoms with Gasteiger partial charge in [0.15, 0.2) is 12.5 Å². The highest BCUT2D eigenvalue weighted by atomic mass is 31.1. The minimum Gasteiger partial charge on any atom is -0.231 e. The van der Waals surface area contributed by atoms with Gasteiger partial charge in [0, 0.05) is 4.57 Å². The van der Waals surface area contributed by atoms with E-state index in [1.807, 2.05) is 12.2 Å². The summed E-state index contributed by atoms with van der Waals surface area (Å²) in [5.41, 5.74) is 0. The summed E-state index contributed by atoms with van der Waals surface area (Å²) in [6.07, 6.45) is 30.0. The van der Waals surface area contributed by atoms with E-state index in [4.69, 9.17) is 9.05 Å². The van der Waals surface area contributed by atoms with Gasteiger partial charge >= 0.3 is 8.25 Å². The molecule has 0 amide bonds. The first-order valence-electron chi connectivity index (χ1n) is 11.9. The molecule has 0 spiro atoms. The van der Waals surface area contributed by atoms with Crippen LogP contribution in [0.5, 0.6) is 0 Å². The number of unbranched alkanes of at least 4 members (excludes halogenated alkanes) is 16. The van der Waals surface area contributed by atoms with Crippen LogP contribution in [-0.4, -0.2) is 0 Å². The Kier molecular flexibility index (Phi) is 23.5. The van der Waals surface area contributed by atoms with Crippen molar-refractivity contribution in [2.75, 3.05) is 0 Å². The maximum atomic E-state index is 11.6. The molecule has 164 valence electrons. The minimum atomic E-state index is -2.08. The predicted molar refractivity (Wildman–Crippen MR) is 123 cm³/mol. The summed E-state index contributed by atoms with van der Waals surface area (Å²) in [4.78, 5) is 0. The summed E-state index contributed by atoms with van der Waals surface area (Å²) in [7, 11) is -2.08. The number of hydrogen-bond donors (Lipinski definition) is 0. The molecule has 0 aromatic carbocycles. The van der Waals surface area contributed by atoms with Crippen molar-refractivity contribution in [2.45, 2.75) is 129 Å². The molecule has 0 aliphatic heterocycles. The van der Waals surface area contributed by atoms with Gasteiger partial charge in [0.05, 0.1) is 0 Å². The van der Waals surface area contributed by atoms with Crippen molar-refractivity contribution in [2.24, 2.45) is 0 Å². The Hall–Kier alpha value is -0.820. The quantitative estimate of drug-likeness (QED) is 0.101. The highest BCUT2D eigenvalue weighted by Gasteiger charge is 2.16. The lowest BCUT2D eigenvalue weighted by atomic mass is 10.1. The van der Waals surface area contributed by atoms with Gasteiger partial charge in [-0.15, -0.1) is 0 Å². The third-order valence-corrected chi connectivity index (χ3v) is 5.52. The monoisotopic (exact) mass is 413 g/mol. The van der Waals surface area contributed by atoms with Crippen LogP contribution in [0.4, 0.5) is 0 Å². The summed E-state index contributed by atoms with van der Waals surface area (Å²) >= 11 is 0. The van der Waals surface area contributed by atoms with Crippen LogP contribution in [0.15, 0.2) is 24.7 Å². The molecule has 0 aliphatic carbocycles. The van der Waals surface area contributed by atoms with Crippen LogP contribution < -0.4 is 0 Å². The second-order valence-corrected chi connectivity index (χ2v) is 8.57. The van der Waals surface area contributed by atoms with Gasteiger partial charge in [0.2, 0.25) is 0 Å². The van der Waals surface area contributed by atoms with E-state index in [0.29, 0.717) is 0 Å². The van der Waals surface area contributed by atoms with Crippen molar-refractivity contribution in [3.05, 3.63) is 24.7 Å². The Morgan fingerprint density at radius 2 is 0.857 bits per heavy atom. The molecule has 4 heteroatoms. The lowest BCUT2D eigenvalue weighted by Crippen LogP contribution is -1.80. The molecule has 28 heavy (non-hydrogen) atoms. The highest BCUT2D eigenvalue weighted by molar-refractivity contribution is 7.33. The molecule has 0 saturated heterocycles. The second kappa shape index (κ2) is 24.2. The predicted octanol–water partition coefficient (Wildman–Crippen LogP) is 9.77. The fourth-order valence-electron chi connectivity index (χ4n) is 3.14. The fourth-order valence-corrected chi connectivity index (χ4v) is 3.56. The van der Waals surface area contributed by atoms with Gasteiger partial charge in [0.1, 0.15) is 0 Å². The maximum Gasteiger partial charge on any atom is 0.804 e. The van der Waals surface area contributed by atoms with Crippen LogP contribution in [0.3, 0.4) is 0 Å². The van der Waals surface area contributed by atoms with Gasteiger partial charge in [0.25, 0.3) is 0 Å². The lowest BCUT2D eigenvalue weighted by Gasteiger charge is -1.99. The summed E-state index contributed by atoms with van der Waals surface area (Å²) in [5, 5.41) is 0. The number of hydrogen-bond acceptors (Lipinski definition) is 3. The first-order chi connectivity index (χ1) is 13.8. The first kappa shape index (κ1) is 27.2. The molecule has 0 bridgehead atoms. The molecular weight excluding hydrogens is 367 g/mol. The standard InChI is InChI=1S/C24H46O3P/c1-3-5-7-9-11-13-15-17-19-21-23-26-28(25)27-24-22-20-18-16-14-12-10-8-6-4-2/h21-24H,3-20H2,1-2H3/q+1. The molecule has 0 aromatic rings. The average Bonchev–Trinajstić information content (AvgIpc) is 2.70. The smallest absolute Gasteiger partial charge is 0.231 e. The molecular formula is C24H46O3P+. The summed E-state index contributed by atoms with van der Waals surface area (Å²) in [5.74, 6) is 0. The van der Waals surface area contributed by atoms with Crippen LogP contribution in [-0.2, 0) is 13.6 Å². The summed E-state index contributed by atoms with van der Waals surface area (Å²) in [6, 6.07) is 0. The molecule has 0 heterocycles. The Labute approximate surface area is 176 Å². The van der Waals surface area contributed by atoms with Crippen LogP contribution in [0.2, 0.25) is 0 Å². The molecule has 0 aliphatic rings. The Morgan fingerprint density at radius 3 is 1.21 bits per heavy atom. The minimum absolute atomic E-state index is 0.979. The van der Waals surface area contributed by atoms with Crippen LogP contribution in [0.1, 0.15) is 129 Å². The number of rotatable bonds is 22.